The number of aliphatic hydroxyl groups is 1. The van der Waals surface area contributed by atoms with Crippen LogP contribution in [-0.4, -0.2) is 27.7 Å². The summed E-state index contributed by atoms with van der Waals surface area (Å²) in [4.78, 5) is 14.0. The third kappa shape index (κ3) is 2.86. The van der Waals surface area contributed by atoms with Gasteiger partial charge in [0, 0.05) is 12.6 Å². The first-order valence-electron chi connectivity index (χ1n) is 5.89. The quantitative estimate of drug-likeness (QED) is 0.547. The van der Waals surface area contributed by atoms with Crippen LogP contribution in [0.15, 0.2) is 12.1 Å². The molecule has 1 heterocycles. The normalized spacial score (nSPS) is 22.9. The number of nitrogen functional groups attached to an aromatic ring is 1. The maximum atomic E-state index is 10.6. The first-order chi connectivity index (χ1) is 8.56. The van der Waals surface area contributed by atoms with Crippen LogP contribution in [-0.2, 0) is 0 Å². The van der Waals surface area contributed by atoms with Crippen LogP contribution < -0.4 is 11.1 Å². The lowest BCUT2D eigenvalue weighted by molar-refractivity contribution is -0.384. The third-order valence-corrected chi connectivity index (χ3v) is 3.18. The molecule has 2 atom stereocenters. The van der Waals surface area contributed by atoms with Gasteiger partial charge >= 0.3 is 5.69 Å². The molecule has 0 aliphatic heterocycles. The minimum absolute atomic E-state index is 0.0866. The Morgan fingerprint density at radius 1 is 1.56 bits per heavy atom. The first kappa shape index (κ1) is 12.6. The monoisotopic (exact) mass is 252 g/mol. The van der Waals surface area contributed by atoms with E-state index in [0.717, 1.165) is 19.3 Å². The Bertz CT molecular complexity index is 452. The van der Waals surface area contributed by atoms with Gasteiger partial charge in [-0.2, -0.15) is 0 Å². The lowest BCUT2D eigenvalue weighted by Crippen LogP contribution is -2.14. The molecule has 18 heavy (non-hydrogen) atoms. The number of nitrogens with zero attached hydrogens (tertiary/aromatic N) is 2. The van der Waals surface area contributed by atoms with Crippen molar-refractivity contribution in [3.05, 3.63) is 22.2 Å². The Labute approximate surface area is 104 Å². The standard InChI is InChI=1S/C11H16N4O3/c12-11-9(15(17)18)3-4-10(14-11)13-6-7-1-2-8(16)5-7/h3-4,7-8,16H,1-2,5-6H2,(H3,12,13,14). The summed E-state index contributed by atoms with van der Waals surface area (Å²) in [6.45, 7) is 0.696. The maximum Gasteiger partial charge on any atom is 0.311 e. The summed E-state index contributed by atoms with van der Waals surface area (Å²) in [5, 5.41) is 23.1. The molecule has 98 valence electrons. The molecular weight excluding hydrogens is 236 g/mol. The predicted octanol–water partition coefficient (Wildman–Crippen LogP) is 1.14. The van der Waals surface area contributed by atoms with Gasteiger partial charge in [0.2, 0.25) is 5.82 Å². The average molecular weight is 252 g/mol. The van der Waals surface area contributed by atoms with Crippen molar-refractivity contribution in [2.75, 3.05) is 17.6 Å². The van der Waals surface area contributed by atoms with Crippen molar-refractivity contribution in [3.8, 4) is 0 Å². The van der Waals surface area contributed by atoms with Crippen LogP contribution in [0, 0.1) is 16.0 Å². The molecule has 2 rings (SSSR count). The van der Waals surface area contributed by atoms with E-state index in [1.54, 1.807) is 6.07 Å². The van der Waals surface area contributed by atoms with Gasteiger partial charge in [-0.25, -0.2) is 4.98 Å². The van der Waals surface area contributed by atoms with Crippen molar-refractivity contribution >= 4 is 17.3 Å². The number of pyridine rings is 1. The molecule has 1 fully saturated rings. The highest BCUT2D eigenvalue weighted by molar-refractivity contribution is 5.57. The van der Waals surface area contributed by atoms with E-state index in [4.69, 9.17) is 5.73 Å². The Hall–Kier alpha value is -1.89. The van der Waals surface area contributed by atoms with Gasteiger partial charge in [0.15, 0.2) is 0 Å². The summed E-state index contributed by atoms with van der Waals surface area (Å²) in [6, 6.07) is 2.88. The van der Waals surface area contributed by atoms with Crippen molar-refractivity contribution in [2.45, 2.75) is 25.4 Å². The highest BCUT2D eigenvalue weighted by atomic mass is 16.6. The summed E-state index contributed by atoms with van der Waals surface area (Å²) in [7, 11) is 0. The second kappa shape index (κ2) is 5.18. The Kier molecular flexibility index (Phi) is 3.61. The van der Waals surface area contributed by atoms with Crippen LogP contribution in [0.2, 0.25) is 0 Å². The fraction of sp³-hybridized carbons (Fsp3) is 0.545. The van der Waals surface area contributed by atoms with E-state index >= 15 is 0 Å². The number of nitrogens with two attached hydrogens (primary N) is 1. The molecule has 4 N–H and O–H groups in total. The fourth-order valence-corrected chi connectivity index (χ4v) is 2.20. The average Bonchev–Trinajstić information content (AvgIpc) is 2.72. The number of nitro groups is 1. The van der Waals surface area contributed by atoms with Crippen LogP contribution >= 0.6 is 0 Å². The Balaban J connectivity index is 1.94. The van der Waals surface area contributed by atoms with Crippen LogP contribution in [0.1, 0.15) is 19.3 Å². The molecule has 0 amide bonds. The van der Waals surface area contributed by atoms with Crippen LogP contribution in [0.5, 0.6) is 0 Å². The van der Waals surface area contributed by atoms with E-state index in [1.165, 1.54) is 6.07 Å². The van der Waals surface area contributed by atoms with Gasteiger partial charge in [0.1, 0.15) is 5.82 Å². The van der Waals surface area contributed by atoms with E-state index in [2.05, 4.69) is 10.3 Å². The number of aliphatic hydroxyl groups excluding tert-OH is 1. The minimum Gasteiger partial charge on any atom is -0.393 e. The predicted molar refractivity (Wildman–Crippen MR) is 67.1 cm³/mol. The van der Waals surface area contributed by atoms with Crippen molar-refractivity contribution < 1.29 is 10.0 Å². The zero-order valence-electron chi connectivity index (χ0n) is 9.87. The SMILES string of the molecule is Nc1nc(NCC2CCC(O)C2)ccc1[N+](=O)[O-]. The van der Waals surface area contributed by atoms with Crippen LogP contribution in [0.3, 0.4) is 0 Å². The van der Waals surface area contributed by atoms with Crippen molar-refractivity contribution in [1.29, 1.82) is 0 Å². The molecule has 2 unspecified atom stereocenters. The second-order valence-electron chi connectivity index (χ2n) is 4.57. The number of anilines is 2. The summed E-state index contributed by atoms with van der Waals surface area (Å²) in [6.07, 6.45) is 2.40. The molecule has 7 heteroatoms. The van der Waals surface area contributed by atoms with Crippen molar-refractivity contribution in [1.82, 2.24) is 4.98 Å². The number of hydrogen-bond donors (Lipinski definition) is 3. The number of aromatic nitrogens is 1. The first-order valence-corrected chi connectivity index (χ1v) is 5.89. The molecule has 1 aliphatic rings. The van der Waals surface area contributed by atoms with E-state index in [9.17, 15) is 15.2 Å². The summed E-state index contributed by atoms with van der Waals surface area (Å²) < 4.78 is 0. The minimum atomic E-state index is -0.556. The number of rotatable bonds is 4. The molecule has 1 aromatic rings. The van der Waals surface area contributed by atoms with E-state index in [0.29, 0.717) is 18.3 Å². The summed E-state index contributed by atoms with van der Waals surface area (Å²) in [5.74, 6) is 0.856. The van der Waals surface area contributed by atoms with E-state index < -0.39 is 4.92 Å². The van der Waals surface area contributed by atoms with E-state index in [-0.39, 0.29) is 17.6 Å². The second-order valence-corrected chi connectivity index (χ2v) is 4.57. The molecule has 0 radical (unpaired) electrons. The molecule has 7 nitrogen and oxygen atoms in total. The Morgan fingerprint density at radius 3 is 2.89 bits per heavy atom. The largest absolute Gasteiger partial charge is 0.393 e. The molecule has 1 saturated carbocycles. The van der Waals surface area contributed by atoms with Gasteiger partial charge in [0.25, 0.3) is 0 Å². The molecular formula is C11H16N4O3. The topological polar surface area (TPSA) is 114 Å². The summed E-state index contributed by atoms with van der Waals surface area (Å²) in [5.41, 5.74) is 5.31. The Morgan fingerprint density at radius 2 is 2.33 bits per heavy atom. The summed E-state index contributed by atoms with van der Waals surface area (Å²) >= 11 is 0. The van der Waals surface area contributed by atoms with Gasteiger partial charge in [-0.15, -0.1) is 0 Å². The van der Waals surface area contributed by atoms with Gasteiger partial charge < -0.3 is 16.2 Å². The van der Waals surface area contributed by atoms with Crippen molar-refractivity contribution in [2.24, 2.45) is 5.92 Å². The highest BCUT2D eigenvalue weighted by Crippen LogP contribution is 2.26. The molecule has 0 spiro atoms. The number of hydrogen-bond acceptors (Lipinski definition) is 6. The molecule has 0 bridgehead atoms. The lowest BCUT2D eigenvalue weighted by Gasteiger charge is -2.11. The van der Waals surface area contributed by atoms with Crippen LogP contribution in [0.25, 0.3) is 0 Å². The zero-order valence-corrected chi connectivity index (χ0v) is 9.87. The van der Waals surface area contributed by atoms with Crippen molar-refractivity contribution in [3.63, 3.8) is 0 Å². The molecule has 1 aliphatic carbocycles. The maximum absolute atomic E-state index is 10.6. The highest BCUT2D eigenvalue weighted by Gasteiger charge is 2.22. The lowest BCUT2D eigenvalue weighted by atomic mass is 10.1. The van der Waals surface area contributed by atoms with Gasteiger partial charge in [0.05, 0.1) is 11.0 Å². The number of nitrogens with one attached hydrogen (secondary N) is 1. The molecule has 1 aromatic heterocycles. The molecule has 0 aromatic carbocycles. The fourth-order valence-electron chi connectivity index (χ4n) is 2.20. The van der Waals surface area contributed by atoms with Gasteiger partial charge in [-0.1, -0.05) is 0 Å². The smallest absolute Gasteiger partial charge is 0.311 e. The van der Waals surface area contributed by atoms with Gasteiger partial charge in [-0.3, -0.25) is 10.1 Å². The van der Waals surface area contributed by atoms with Gasteiger partial charge in [-0.05, 0) is 31.2 Å². The molecule has 0 saturated heterocycles. The zero-order chi connectivity index (χ0) is 13.1. The third-order valence-electron chi connectivity index (χ3n) is 3.18. The van der Waals surface area contributed by atoms with Crippen LogP contribution in [0.4, 0.5) is 17.3 Å². The van der Waals surface area contributed by atoms with E-state index in [1.807, 2.05) is 0 Å².